The fourth-order valence-electron chi connectivity index (χ4n) is 3.80. The number of benzene rings is 1. The number of nitrogens with zero attached hydrogens (tertiary/aromatic N) is 3. The van der Waals surface area contributed by atoms with E-state index >= 15 is 0 Å². The first-order valence-corrected chi connectivity index (χ1v) is 9.83. The van der Waals surface area contributed by atoms with Gasteiger partial charge < -0.3 is 10.3 Å². The van der Waals surface area contributed by atoms with E-state index in [9.17, 15) is 9.59 Å². The number of rotatable bonds is 6. The predicted octanol–water partition coefficient (Wildman–Crippen LogP) is 3.22. The van der Waals surface area contributed by atoms with Crippen LogP contribution in [0.1, 0.15) is 33.0 Å². The van der Waals surface area contributed by atoms with Gasteiger partial charge in [-0.25, -0.2) is 9.67 Å². The second kappa shape index (κ2) is 7.94. The normalized spacial score (nSPS) is 11.0. The second-order valence-electron chi connectivity index (χ2n) is 7.25. The molecule has 1 amide bonds. The summed E-state index contributed by atoms with van der Waals surface area (Å²) in [5, 5.41) is 8.09. The topological polar surface area (TPSA) is 92.7 Å². The second-order valence-corrected chi connectivity index (χ2v) is 7.25. The molecule has 7 heteroatoms. The van der Waals surface area contributed by atoms with Crippen molar-refractivity contribution in [3.05, 3.63) is 76.9 Å². The van der Waals surface area contributed by atoms with Crippen molar-refractivity contribution in [1.29, 1.82) is 0 Å². The molecule has 4 rings (SSSR count). The number of amides is 1. The lowest BCUT2D eigenvalue weighted by Crippen LogP contribution is -2.33. The van der Waals surface area contributed by atoms with Crippen LogP contribution in [-0.2, 0) is 11.2 Å². The number of pyridine rings is 1. The van der Waals surface area contributed by atoms with Crippen molar-refractivity contribution in [2.45, 2.75) is 27.2 Å². The van der Waals surface area contributed by atoms with E-state index in [-0.39, 0.29) is 0 Å². The zero-order valence-electron chi connectivity index (χ0n) is 17.2. The van der Waals surface area contributed by atoms with Crippen molar-refractivity contribution >= 4 is 22.6 Å². The highest BCUT2D eigenvalue weighted by atomic mass is 16.2. The first kappa shape index (κ1) is 19.6. The number of carbonyl (C=O) groups is 2. The molecule has 0 spiro atoms. The van der Waals surface area contributed by atoms with Crippen molar-refractivity contribution in [2.24, 2.45) is 0 Å². The van der Waals surface area contributed by atoms with Crippen LogP contribution >= 0.6 is 0 Å². The Kier molecular flexibility index (Phi) is 5.18. The van der Waals surface area contributed by atoms with Gasteiger partial charge in [-0.3, -0.25) is 9.59 Å². The maximum Gasteiger partial charge on any atom is 0.292 e. The van der Waals surface area contributed by atoms with Crippen molar-refractivity contribution in [3.8, 4) is 5.82 Å². The molecule has 7 nitrogen and oxygen atoms in total. The fourth-order valence-corrected chi connectivity index (χ4v) is 3.80. The van der Waals surface area contributed by atoms with E-state index in [2.05, 4.69) is 20.4 Å². The highest BCUT2D eigenvalue weighted by Gasteiger charge is 2.22. The van der Waals surface area contributed by atoms with Crippen LogP contribution in [0.25, 0.3) is 16.7 Å². The van der Waals surface area contributed by atoms with Crippen molar-refractivity contribution in [2.75, 3.05) is 6.54 Å². The number of aromatic nitrogens is 4. The first-order valence-electron chi connectivity index (χ1n) is 9.83. The molecule has 1 aromatic carbocycles. The molecular formula is C23H23N5O2. The number of Topliss-reactive ketones (excluding diaryl/α,β-unsaturated/α-hetero) is 1. The van der Waals surface area contributed by atoms with Gasteiger partial charge in [-0.15, -0.1) is 0 Å². The number of aromatic amines is 1. The molecule has 0 atom stereocenters. The zero-order valence-corrected chi connectivity index (χ0v) is 17.2. The van der Waals surface area contributed by atoms with Crippen LogP contribution in [0.2, 0.25) is 0 Å². The lowest BCUT2D eigenvalue weighted by atomic mass is 10.1. The molecule has 0 saturated carbocycles. The quantitative estimate of drug-likeness (QED) is 0.383. The van der Waals surface area contributed by atoms with Crippen LogP contribution in [0.15, 0.2) is 48.7 Å². The molecule has 0 unspecified atom stereocenters. The zero-order chi connectivity index (χ0) is 21.3. The van der Waals surface area contributed by atoms with Crippen LogP contribution in [0, 0.1) is 20.8 Å². The minimum absolute atomic E-state index is 0.349. The SMILES string of the molecule is Cc1nn(-c2ccccn2)c(C)c1CCNC(=O)C(=O)c1c(C)[nH]c2ccccc12. The third-order valence-electron chi connectivity index (χ3n) is 5.29. The molecular weight excluding hydrogens is 378 g/mol. The molecule has 0 saturated heterocycles. The largest absolute Gasteiger partial charge is 0.358 e. The van der Waals surface area contributed by atoms with E-state index in [1.807, 2.05) is 56.3 Å². The standard InChI is InChI=1S/C23H23N5O2/c1-14-17(16(3)28(27-14)20-10-6-7-12-24-20)11-13-25-23(30)22(29)21-15(2)26-19-9-5-4-8-18(19)21/h4-10,12,26H,11,13H2,1-3H3,(H,25,30). The summed E-state index contributed by atoms with van der Waals surface area (Å²) in [4.78, 5) is 32.8. The lowest BCUT2D eigenvalue weighted by Gasteiger charge is -2.06. The Bertz CT molecular complexity index is 1240. The van der Waals surface area contributed by atoms with Gasteiger partial charge in [0.2, 0.25) is 0 Å². The molecule has 0 aliphatic rings. The van der Waals surface area contributed by atoms with Gasteiger partial charge in [-0.1, -0.05) is 24.3 Å². The number of hydrogen-bond acceptors (Lipinski definition) is 4. The van der Waals surface area contributed by atoms with Crippen LogP contribution < -0.4 is 5.32 Å². The Morgan fingerprint density at radius 1 is 1.07 bits per heavy atom. The van der Waals surface area contributed by atoms with Gasteiger partial charge in [0.15, 0.2) is 5.82 Å². The van der Waals surface area contributed by atoms with E-state index in [1.54, 1.807) is 17.8 Å². The van der Waals surface area contributed by atoms with Crippen molar-refractivity contribution in [1.82, 2.24) is 25.1 Å². The first-order chi connectivity index (χ1) is 14.5. The third kappa shape index (κ3) is 3.50. The Morgan fingerprint density at radius 2 is 1.83 bits per heavy atom. The van der Waals surface area contributed by atoms with Gasteiger partial charge in [0.05, 0.1) is 11.3 Å². The Labute approximate surface area is 174 Å². The average Bonchev–Trinajstić information content (AvgIpc) is 3.23. The molecule has 3 heterocycles. The van der Waals surface area contributed by atoms with Crippen LogP contribution in [-0.4, -0.2) is 38.0 Å². The van der Waals surface area contributed by atoms with Crippen LogP contribution in [0.5, 0.6) is 0 Å². The highest BCUT2D eigenvalue weighted by Crippen LogP contribution is 2.22. The molecule has 2 N–H and O–H groups in total. The molecule has 30 heavy (non-hydrogen) atoms. The maximum absolute atomic E-state index is 12.7. The molecule has 152 valence electrons. The van der Waals surface area contributed by atoms with Crippen molar-refractivity contribution in [3.63, 3.8) is 0 Å². The van der Waals surface area contributed by atoms with E-state index in [0.29, 0.717) is 24.2 Å². The number of hydrogen-bond donors (Lipinski definition) is 2. The number of fused-ring (bicyclic) bond motifs is 1. The maximum atomic E-state index is 12.7. The summed E-state index contributed by atoms with van der Waals surface area (Å²) < 4.78 is 1.80. The third-order valence-corrected chi connectivity index (χ3v) is 5.29. The van der Waals surface area contributed by atoms with Gasteiger partial charge in [0.25, 0.3) is 11.7 Å². The predicted molar refractivity (Wildman–Crippen MR) is 115 cm³/mol. The summed E-state index contributed by atoms with van der Waals surface area (Å²) in [5.74, 6) is -0.378. The van der Waals surface area contributed by atoms with Crippen LogP contribution in [0.4, 0.5) is 0 Å². The van der Waals surface area contributed by atoms with Gasteiger partial charge in [0.1, 0.15) is 0 Å². The lowest BCUT2D eigenvalue weighted by molar-refractivity contribution is -0.116. The Hall–Kier alpha value is -3.74. The summed E-state index contributed by atoms with van der Waals surface area (Å²) in [6.45, 7) is 6.07. The molecule has 0 aliphatic carbocycles. The van der Waals surface area contributed by atoms with E-state index in [1.165, 1.54) is 0 Å². The minimum Gasteiger partial charge on any atom is -0.358 e. The van der Waals surface area contributed by atoms with E-state index in [0.717, 1.165) is 33.7 Å². The molecule has 4 aromatic rings. The number of H-pyrrole nitrogens is 1. The number of carbonyl (C=O) groups excluding carboxylic acids is 2. The summed E-state index contributed by atoms with van der Waals surface area (Å²) in [7, 11) is 0. The number of aryl methyl sites for hydroxylation is 2. The molecule has 0 fully saturated rings. The summed E-state index contributed by atoms with van der Waals surface area (Å²) in [6.07, 6.45) is 2.31. The number of nitrogens with one attached hydrogen (secondary N) is 2. The molecule has 0 radical (unpaired) electrons. The smallest absolute Gasteiger partial charge is 0.292 e. The summed E-state index contributed by atoms with van der Waals surface area (Å²) >= 11 is 0. The summed E-state index contributed by atoms with van der Waals surface area (Å²) in [6, 6.07) is 13.2. The van der Waals surface area contributed by atoms with Gasteiger partial charge in [-0.2, -0.15) is 5.10 Å². The van der Waals surface area contributed by atoms with Gasteiger partial charge >= 0.3 is 0 Å². The average molecular weight is 401 g/mol. The summed E-state index contributed by atoms with van der Waals surface area (Å²) in [5.41, 5.74) is 4.86. The van der Waals surface area contributed by atoms with Gasteiger partial charge in [-0.05, 0) is 51.0 Å². The van der Waals surface area contributed by atoms with Crippen molar-refractivity contribution < 1.29 is 9.59 Å². The highest BCUT2D eigenvalue weighted by molar-refractivity contribution is 6.45. The van der Waals surface area contributed by atoms with E-state index in [4.69, 9.17) is 0 Å². The van der Waals surface area contributed by atoms with E-state index < -0.39 is 11.7 Å². The van der Waals surface area contributed by atoms with Crippen LogP contribution in [0.3, 0.4) is 0 Å². The Morgan fingerprint density at radius 3 is 2.60 bits per heavy atom. The monoisotopic (exact) mass is 401 g/mol. The molecule has 0 aliphatic heterocycles. The minimum atomic E-state index is -0.602. The number of para-hydroxylation sites is 1. The molecule has 3 aromatic heterocycles. The number of ketones is 1. The fraction of sp³-hybridized carbons (Fsp3) is 0.217. The Balaban J connectivity index is 1.46. The molecule has 0 bridgehead atoms. The van der Waals surface area contributed by atoms with Gasteiger partial charge in [0, 0.05) is 35.0 Å².